The van der Waals surface area contributed by atoms with Gasteiger partial charge in [-0.05, 0) is 22.0 Å². The first-order valence-corrected chi connectivity index (χ1v) is 3.90. The summed E-state index contributed by atoms with van der Waals surface area (Å²) in [4.78, 5) is 14.5. The molecule has 0 saturated heterocycles. The van der Waals surface area contributed by atoms with Crippen LogP contribution in [0.2, 0.25) is 5.02 Å². The maximum Gasteiger partial charge on any atom is 0.252 e. The minimum absolute atomic E-state index is 0.217. The van der Waals surface area contributed by atoms with Crippen molar-refractivity contribution in [2.75, 3.05) is 0 Å². The van der Waals surface area contributed by atoms with Gasteiger partial charge in [0.05, 0.1) is 10.6 Å². The maximum absolute atomic E-state index is 10.7. The molecule has 0 aliphatic rings. The molecular formula is C6H4BrClN2O. The quantitative estimate of drug-likeness (QED) is 0.752. The third kappa shape index (κ3) is 1.70. The molecule has 0 aliphatic carbocycles. The third-order valence-electron chi connectivity index (χ3n) is 1.10. The van der Waals surface area contributed by atoms with E-state index in [-0.39, 0.29) is 5.56 Å². The standard InChI is InChI=1S/C6H4BrClN2O/c7-5-4(6(9)11)3(8)1-2-10-5/h1-2H,(H2,9,11). The lowest BCUT2D eigenvalue weighted by Crippen LogP contribution is -2.12. The number of carbonyl (C=O) groups is 1. The molecule has 0 bridgehead atoms. The Morgan fingerprint density at radius 2 is 2.36 bits per heavy atom. The summed E-state index contributed by atoms with van der Waals surface area (Å²) in [7, 11) is 0. The van der Waals surface area contributed by atoms with Crippen LogP contribution in [0.15, 0.2) is 16.9 Å². The van der Waals surface area contributed by atoms with Gasteiger partial charge < -0.3 is 5.73 Å². The van der Waals surface area contributed by atoms with E-state index < -0.39 is 5.91 Å². The Bertz CT molecular complexity index is 282. The number of halogens is 2. The minimum atomic E-state index is -0.588. The van der Waals surface area contributed by atoms with E-state index in [0.717, 1.165) is 0 Å². The number of nitrogens with zero attached hydrogens (tertiary/aromatic N) is 1. The van der Waals surface area contributed by atoms with Gasteiger partial charge in [0.2, 0.25) is 0 Å². The molecule has 0 aromatic carbocycles. The van der Waals surface area contributed by atoms with Crippen LogP contribution in [-0.4, -0.2) is 10.9 Å². The molecule has 0 atom stereocenters. The fraction of sp³-hybridized carbons (Fsp3) is 0. The molecule has 2 N–H and O–H groups in total. The summed E-state index contributed by atoms with van der Waals surface area (Å²) in [5.41, 5.74) is 5.24. The summed E-state index contributed by atoms with van der Waals surface area (Å²) in [6, 6.07) is 1.51. The second kappa shape index (κ2) is 3.19. The zero-order valence-electron chi connectivity index (χ0n) is 5.34. The summed E-state index contributed by atoms with van der Waals surface area (Å²) in [5.74, 6) is -0.588. The predicted molar refractivity (Wildman–Crippen MR) is 45.5 cm³/mol. The Hall–Kier alpha value is -0.610. The van der Waals surface area contributed by atoms with E-state index in [1.54, 1.807) is 0 Å². The number of hydrogen-bond donors (Lipinski definition) is 1. The Balaban J connectivity index is 3.32. The van der Waals surface area contributed by atoms with Crippen LogP contribution in [0.1, 0.15) is 10.4 Å². The predicted octanol–water partition coefficient (Wildman–Crippen LogP) is 1.60. The normalized spacial score (nSPS) is 9.64. The molecule has 0 fully saturated rings. The summed E-state index contributed by atoms with van der Waals surface area (Å²) >= 11 is 8.70. The van der Waals surface area contributed by atoms with E-state index in [9.17, 15) is 4.79 Å². The molecule has 1 rings (SSSR count). The number of pyridine rings is 1. The molecule has 1 aromatic heterocycles. The third-order valence-corrected chi connectivity index (χ3v) is 2.02. The first-order valence-electron chi connectivity index (χ1n) is 2.72. The van der Waals surface area contributed by atoms with E-state index in [0.29, 0.717) is 9.63 Å². The van der Waals surface area contributed by atoms with E-state index >= 15 is 0 Å². The van der Waals surface area contributed by atoms with Crippen LogP contribution in [0.25, 0.3) is 0 Å². The molecule has 5 heteroatoms. The van der Waals surface area contributed by atoms with Gasteiger partial charge in [-0.1, -0.05) is 11.6 Å². The first kappa shape index (κ1) is 8.49. The highest BCUT2D eigenvalue weighted by Gasteiger charge is 2.10. The molecule has 0 aliphatic heterocycles. The second-order valence-corrected chi connectivity index (χ2v) is 2.98. The second-order valence-electron chi connectivity index (χ2n) is 1.82. The van der Waals surface area contributed by atoms with Crippen LogP contribution in [0.5, 0.6) is 0 Å². The van der Waals surface area contributed by atoms with Crippen LogP contribution in [0, 0.1) is 0 Å². The summed E-state index contributed by atoms with van der Waals surface area (Å²) in [5, 5.41) is 0.305. The molecule has 0 spiro atoms. The Kier molecular flexibility index (Phi) is 2.46. The van der Waals surface area contributed by atoms with Gasteiger partial charge in [-0.15, -0.1) is 0 Å². The van der Waals surface area contributed by atoms with Crippen molar-refractivity contribution in [3.63, 3.8) is 0 Å². The van der Waals surface area contributed by atoms with Crippen molar-refractivity contribution < 1.29 is 4.79 Å². The van der Waals surface area contributed by atoms with Crippen molar-refractivity contribution in [3.8, 4) is 0 Å². The first-order chi connectivity index (χ1) is 5.13. The number of rotatable bonds is 1. The zero-order chi connectivity index (χ0) is 8.43. The Morgan fingerprint density at radius 3 is 2.73 bits per heavy atom. The highest BCUT2D eigenvalue weighted by atomic mass is 79.9. The lowest BCUT2D eigenvalue weighted by atomic mass is 10.3. The van der Waals surface area contributed by atoms with Crippen LogP contribution in [0.4, 0.5) is 0 Å². The number of aromatic nitrogens is 1. The van der Waals surface area contributed by atoms with Crippen molar-refractivity contribution >= 4 is 33.4 Å². The smallest absolute Gasteiger partial charge is 0.252 e. The lowest BCUT2D eigenvalue weighted by molar-refractivity contribution is 0.0999. The zero-order valence-corrected chi connectivity index (χ0v) is 7.69. The Labute approximate surface area is 76.7 Å². The van der Waals surface area contributed by atoms with Crippen LogP contribution < -0.4 is 5.73 Å². The van der Waals surface area contributed by atoms with Gasteiger partial charge in [0.25, 0.3) is 5.91 Å². The summed E-state index contributed by atoms with van der Waals surface area (Å²) in [6.07, 6.45) is 1.48. The molecule has 1 amide bonds. The highest BCUT2D eigenvalue weighted by Crippen LogP contribution is 2.21. The van der Waals surface area contributed by atoms with Crippen molar-refractivity contribution in [1.29, 1.82) is 0 Å². The fourth-order valence-corrected chi connectivity index (χ4v) is 1.51. The SMILES string of the molecule is NC(=O)c1c(Cl)ccnc1Br. The monoisotopic (exact) mass is 234 g/mol. The van der Waals surface area contributed by atoms with E-state index in [1.807, 2.05) is 0 Å². The van der Waals surface area contributed by atoms with Gasteiger partial charge >= 0.3 is 0 Å². The molecule has 58 valence electrons. The summed E-state index contributed by atoms with van der Waals surface area (Å²) in [6.45, 7) is 0. The van der Waals surface area contributed by atoms with Gasteiger partial charge in [0.1, 0.15) is 4.60 Å². The number of carbonyl (C=O) groups excluding carboxylic acids is 1. The number of primary amides is 1. The molecule has 0 radical (unpaired) electrons. The van der Waals surface area contributed by atoms with Gasteiger partial charge in [-0.3, -0.25) is 4.79 Å². The fourth-order valence-electron chi connectivity index (χ4n) is 0.634. The van der Waals surface area contributed by atoms with Gasteiger partial charge in [0, 0.05) is 6.20 Å². The minimum Gasteiger partial charge on any atom is -0.365 e. The van der Waals surface area contributed by atoms with Crippen LogP contribution in [-0.2, 0) is 0 Å². The van der Waals surface area contributed by atoms with Crippen LogP contribution in [0.3, 0.4) is 0 Å². The van der Waals surface area contributed by atoms with E-state index in [1.165, 1.54) is 12.3 Å². The lowest BCUT2D eigenvalue weighted by Gasteiger charge is -1.99. The van der Waals surface area contributed by atoms with Crippen molar-refractivity contribution in [3.05, 3.63) is 27.5 Å². The summed E-state index contributed by atoms with van der Waals surface area (Å²) < 4.78 is 0.373. The topological polar surface area (TPSA) is 56.0 Å². The average molecular weight is 235 g/mol. The molecule has 3 nitrogen and oxygen atoms in total. The molecule has 0 unspecified atom stereocenters. The molecule has 0 saturated carbocycles. The molecule has 1 aromatic rings. The maximum atomic E-state index is 10.7. The van der Waals surface area contributed by atoms with Crippen LogP contribution >= 0.6 is 27.5 Å². The molecular weight excluding hydrogens is 231 g/mol. The van der Waals surface area contributed by atoms with Gasteiger partial charge in [-0.2, -0.15) is 0 Å². The molecule has 1 heterocycles. The number of hydrogen-bond acceptors (Lipinski definition) is 2. The Morgan fingerprint density at radius 1 is 1.73 bits per heavy atom. The largest absolute Gasteiger partial charge is 0.365 e. The molecule has 11 heavy (non-hydrogen) atoms. The van der Waals surface area contributed by atoms with Crippen molar-refractivity contribution in [2.24, 2.45) is 5.73 Å². The van der Waals surface area contributed by atoms with E-state index in [2.05, 4.69) is 20.9 Å². The van der Waals surface area contributed by atoms with Gasteiger partial charge in [0.15, 0.2) is 0 Å². The average Bonchev–Trinajstić information content (AvgIpc) is 1.85. The van der Waals surface area contributed by atoms with E-state index in [4.69, 9.17) is 17.3 Å². The number of nitrogens with two attached hydrogens (primary N) is 1. The van der Waals surface area contributed by atoms with Gasteiger partial charge in [-0.25, -0.2) is 4.98 Å². The van der Waals surface area contributed by atoms with Crippen molar-refractivity contribution in [2.45, 2.75) is 0 Å². The number of amides is 1. The van der Waals surface area contributed by atoms with Crippen molar-refractivity contribution in [1.82, 2.24) is 4.98 Å². The highest BCUT2D eigenvalue weighted by molar-refractivity contribution is 9.10.